The number of likely N-dealkylation sites (tertiary alicyclic amines) is 1. The lowest BCUT2D eigenvalue weighted by Gasteiger charge is -2.26. The summed E-state index contributed by atoms with van der Waals surface area (Å²) in [6.07, 6.45) is 4.17. The van der Waals surface area contributed by atoms with E-state index in [4.69, 9.17) is 0 Å². The summed E-state index contributed by atoms with van der Waals surface area (Å²) >= 11 is 5.93. The Morgan fingerprint density at radius 3 is 2.78 bits per heavy atom. The highest BCUT2D eigenvalue weighted by Crippen LogP contribution is 2.18. The van der Waals surface area contributed by atoms with Crippen molar-refractivity contribution in [3.63, 3.8) is 0 Å². The molecule has 2 rings (SSSR count). The van der Waals surface area contributed by atoms with Crippen molar-refractivity contribution in [3.8, 4) is 0 Å². The first-order chi connectivity index (χ1) is 8.75. The number of hydrogen-bond donors (Lipinski definition) is 1. The molecule has 1 aliphatic heterocycles. The van der Waals surface area contributed by atoms with E-state index in [1.807, 2.05) is 0 Å². The van der Waals surface area contributed by atoms with Crippen LogP contribution in [0, 0.1) is 3.57 Å². The standard InChI is InChI=1S/C14H20BrIN2/c15-13-4-5-14(16)12(10-13)11-17-6-9-18-7-2-1-3-8-18/h4-5,10,17H,1-3,6-9,11H2. The van der Waals surface area contributed by atoms with Crippen LogP contribution in [-0.4, -0.2) is 31.1 Å². The van der Waals surface area contributed by atoms with E-state index in [0.717, 1.165) is 17.6 Å². The minimum Gasteiger partial charge on any atom is -0.311 e. The lowest BCUT2D eigenvalue weighted by Crippen LogP contribution is -2.35. The quantitative estimate of drug-likeness (QED) is 0.575. The van der Waals surface area contributed by atoms with Crippen molar-refractivity contribution in [2.45, 2.75) is 25.8 Å². The highest BCUT2D eigenvalue weighted by Gasteiger charge is 2.08. The number of benzene rings is 1. The lowest BCUT2D eigenvalue weighted by molar-refractivity contribution is 0.229. The molecule has 1 aromatic rings. The Bertz CT molecular complexity index is 378. The van der Waals surface area contributed by atoms with Gasteiger partial charge in [-0.15, -0.1) is 0 Å². The molecule has 0 aromatic heterocycles. The fourth-order valence-corrected chi connectivity index (χ4v) is 3.26. The van der Waals surface area contributed by atoms with E-state index >= 15 is 0 Å². The number of piperidine rings is 1. The second kappa shape index (κ2) is 7.82. The van der Waals surface area contributed by atoms with E-state index in [1.54, 1.807) is 0 Å². The van der Waals surface area contributed by atoms with Crippen LogP contribution < -0.4 is 5.32 Å². The summed E-state index contributed by atoms with van der Waals surface area (Å²) in [7, 11) is 0. The first-order valence-corrected chi connectivity index (χ1v) is 8.50. The zero-order valence-electron chi connectivity index (χ0n) is 10.6. The van der Waals surface area contributed by atoms with E-state index in [9.17, 15) is 0 Å². The maximum absolute atomic E-state index is 3.55. The fourth-order valence-electron chi connectivity index (χ4n) is 2.32. The van der Waals surface area contributed by atoms with Gasteiger partial charge in [-0.3, -0.25) is 0 Å². The van der Waals surface area contributed by atoms with Gasteiger partial charge < -0.3 is 10.2 Å². The molecule has 1 N–H and O–H groups in total. The highest BCUT2D eigenvalue weighted by atomic mass is 127. The molecule has 18 heavy (non-hydrogen) atoms. The van der Waals surface area contributed by atoms with Crippen LogP contribution in [-0.2, 0) is 6.54 Å². The lowest BCUT2D eigenvalue weighted by atomic mass is 10.1. The molecule has 1 aliphatic rings. The molecule has 4 heteroatoms. The molecule has 0 spiro atoms. The number of halogens is 2. The normalized spacial score (nSPS) is 17.0. The van der Waals surface area contributed by atoms with Crippen molar-refractivity contribution in [1.82, 2.24) is 10.2 Å². The van der Waals surface area contributed by atoms with Crippen LogP contribution >= 0.6 is 38.5 Å². The average molecular weight is 423 g/mol. The summed E-state index contributed by atoms with van der Waals surface area (Å²) in [5, 5.41) is 3.55. The Morgan fingerprint density at radius 2 is 2.00 bits per heavy atom. The topological polar surface area (TPSA) is 15.3 Å². The minimum atomic E-state index is 0.964. The van der Waals surface area contributed by atoms with Gasteiger partial charge in [0.2, 0.25) is 0 Å². The zero-order valence-corrected chi connectivity index (χ0v) is 14.3. The van der Waals surface area contributed by atoms with Gasteiger partial charge in [0, 0.05) is 27.7 Å². The molecule has 2 nitrogen and oxygen atoms in total. The monoisotopic (exact) mass is 422 g/mol. The Balaban J connectivity index is 1.69. The second-order valence-electron chi connectivity index (χ2n) is 4.81. The predicted octanol–water partition coefficient (Wildman–Crippen LogP) is 3.63. The molecule has 0 bridgehead atoms. The van der Waals surface area contributed by atoms with Gasteiger partial charge >= 0.3 is 0 Å². The average Bonchev–Trinajstić information content (AvgIpc) is 2.40. The van der Waals surface area contributed by atoms with Gasteiger partial charge in [-0.2, -0.15) is 0 Å². The molecular weight excluding hydrogens is 403 g/mol. The van der Waals surface area contributed by atoms with Crippen molar-refractivity contribution in [1.29, 1.82) is 0 Å². The van der Waals surface area contributed by atoms with Crippen molar-refractivity contribution in [2.24, 2.45) is 0 Å². The van der Waals surface area contributed by atoms with E-state index in [2.05, 4.69) is 66.9 Å². The summed E-state index contributed by atoms with van der Waals surface area (Å²) in [5.74, 6) is 0. The van der Waals surface area contributed by atoms with Crippen LogP contribution in [0.1, 0.15) is 24.8 Å². The van der Waals surface area contributed by atoms with Crippen LogP contribution in [0.25, 0.3) is 0 Å². The van der Waals surface area contributed by atoms with Crippen molar-refractivity contribution < 1.29 is 0 Å². The minimum absolute atomic E-state index is 0.964. The largest absolute Gasteiger partial charge is 0.311 e. The zero-order chi connectivity index (χ0) is 12.8. The van der Waals surface area contributed by atoms with Crippen LogP contribution in [0.4, 0.5) is 0 Å². The number of nitrogens with zero attached hydrogens (tertiary/aromatic N) is 1. The van der Waals surface area contributed by atoms with E-state index in [0.29, 0.717) is 0 Å². The predicted molar refractivity (Wildman–Crippen MR) is 88.9 cm³/mol. The molecule has 0 aliphatic carbocycles. The molecule has 1 heterocycles. The van der Waals surface area contributed by atoms with Gasteiger partial charge in [-0.25, -0.2) is 0 Å². The molecule has 0 radical (unpaired) electrons. The Labute approximate surface area is 132 Å². The summed E-state index contributed by atoms with van der Waals surface area (Å²) < 4.78 is 2.50. The fraction of sp³-hybridized carbons (Fsp3) is 0.571. The number of nitrogens with one attached hydrogen (secondary N) is 1. The van der Waals surface area contributed by atoms with Crippen LogP contribution in [0.3, 0.4) is 0 Å². The van der Waals surface area contributed by atoms with Crippen LogP contribution in [0.2, 0.25) is 0 Å². The van der Waals surface area contributed by atoms with Crippen molar-refractivity contribution >= 4 is 38.5 Å². The molecule has 1 saturated heterocycles. The molecule has 0 saturated carbocycles. The molecule has 0 amide bonds. The Hall–Kier alpha value is 0.350. The van der Waals surface area contributed by atoms with Gasteiger partial charge in [-0.05, 0) is 72.3 Å². The van der Waals surface area contributed by atoms with E-state index in [-0.39, 0.29) is 0 Å². The first-order valence-electron chi connectivity index (χ1n) is 6.63. The molecule has 100 valence electrons. The van der Waals surface area contributed by atoms with Gasteiger partial charge in [0.15, 0.2) is 0 Å². The Morgan fingerprint density at radius 1 is 1.22 bits per heavy atom. The third-order valence-corrected chi connectivity index (χ3v) is 4.92. The molecule has 1 aromatic carbocycles. The van der Waals surface area contributed by atoms with Crippen molar-refractivity contribution in [3.05, 3.63) is 31.8 Å². The van der Waals surface area contributed by atoms with E-state index in [1.165, 1.54) is 48.0 Å². The summed E-state index contributed by atoms with van der Waals surface area (Å²) in [4.78, 5) is 2.57. The van der Waals surface area contributed by atoms with Crippen LogP contribution in [0.5, 0.6) is 0 Å². The first kappa shape index (κ1) is 14.8. The Kier molecular flexibility index (Phi) is 6.41. The van der Waals surface area contributed by atoms with Gasteiger partial charge in [-0.1, -0.05) is 22.4 Å². The summed E-state index contributed by atoms with van der Waals surface area (Å²) in [6, 6.07) is 6.46. The van der Waals surface area contributed by atoms with E-state index < -0.39 is 0 Å². The molecular formula is C14H20BrIN2. The molecule has 0 atom stereocenters. The van der Waals surface area contributed by atoms with Crippen molar-refractivity contribution in [2.75, 3.05) is 26.2 Å². The summed E-state index contributed by atoms with van der Waals surface area (Å²) in [6.45, 7) is 5.81. The SMILES string of the molecule is Brc1ccc(I)c(CNCCN2CCCCC2)c1. The smallest absolute Gasteiger partial charge is 0.0216 e. The third kappa shape index (κ3) is 4.79. The number of hydrogen-bond acceptors (Lipinski definition) is 2. The molecule has 0 unspecified atom stereocenters. The summed E-state index contributed by atoms with van der Waals surface area (Å²) in [5.41, 5.74) is 1.38. The maximum atomic E-state index is 3.55. The highest BCUT2D eigenvalue weighted by molar-refractivity contribution is 14.1. The van der Waals surface area contributed by atoms with Gasteiger partial charge in [0.1, 0.15) is 0 Å². The van der Waals surface area contributed by atoms with Gasteiger partial charge in [0.05, 0.1) is 0 Å². The molecule has 1 fully saturated rings. The second-order valence-corrected chi connectivity index (χ2v) is 6.89. The third-order valence-electron chi connectivity index (χ3n) is 3.38. The number of rotatable bonds is 5. The van der Waals surface area contributed by atoms with Gasteiger partial charge in [0.25, 0.3) is 0 Å². The van der Waals surface area contributed by atoms with Crippen LogP contribution in [0.15, 0.2) is 22.7 Å². The maximum Gasteiger partial charge on any atom is 0.0216 e.